The second-order valence-corrected chi connectivity index (χ2v) is 3.45. The maximum absolute atomic E-state index is 10.4. The molecular formula is C9H16N4O2. The van der Waals surface area contributed by atoms with Crippen LogP contribution in [0.5, 0.6) is 0 Å². The third kappa shape index (κ3) is 3.03. The molecule has 1 heterocycles. The monoisotopic (exact) mass is 212 g/mol. The van der Waals surface area contributed by atoms with Crippen LogP contribution in [0.1, 0.15) is 11.3 Å². The Hall–Kier alpha value is -1.40. The number of aliphatic carboxylic acids is 1. The molecule has 0 aliphatic heterocycles. The Bertz CT molecular complexity index is 348. The minimum atomic E-state index is -0.995. The lowest BCUT2D eigenvalue weighted by Gasteiger charge is -2.07. The van der Waals surface area contributed by atoms with Gasteiger partial charge >= 0.3 is 5.97 Å². The number of rotatable bonds is 5. The Morgan fingerprint density at radius 2 is 2.47 bits per heavy atom. The third-order valence-corrected chi connectivity index (χ3v) is 2.33. The molecule has 1 unspecified atom stereocenters. The van der Waals surface area contributed by atoms with Crippen LogP contribution in [0.2, 0.25) is 0 Å². The van der Waals surface area contributed by atoms with E-state index in [9.17, 15) is 4.79 Å². The molecule has 0 bridgehead atoms. The number of hydrogen-bond acceptors (Lipinski definition) is 4. The first kappa shape index (κ1) is 11.7. The van der Waals surface area contributed by atoms with Gasteiger partial charge in [0.05, 0.1) is 6.20 Å². The van der Waals surface area contributed by atoms with Gasteiger partial charge in [0.1, 0.15) is 6.04 Å². The van der Waals surface area contributed by atoms with Crippen LogP contribution in [0.3, 0.4) is 0 Å². The van der Waals surface area contributed by atoms with E-state index in [4.69, 9.17) is 10.8 Å². The molecule has 0 saturated heterocycles. The van der Waals surface area contributed by atoms with Gasteiger partial charge in [-0.2, -0.15) is 5.10 Å². The molecule has 0 amide bonds. The fraction of sp³-hybridized carbons (Fsp3) is 0.556. The fourth-order valence-corrected chi connectivity index (χ4v) is 1.17. The number of hydrogen-bond donors (Lipinski definition) is 3. The van der Waals surface area contributed by atoms with E-state index in [0.717, 1.165) is 11.3 Å². The first-order chi connectivity index (χ1) is 7.02. The second-order valence-electron chi connectivity index (χ2n) is 3.45. The smallest absolute Gasteiger partial charge is 0.321 e. The van der Waals surface area contributed by atoms with Gasteiger partial charge in [-0.15, -0.1) is 0 Å². The van der Waals surface area contributed by atoms with Crippen molar-refractivity contribution in [3.8, 4) is 0 Å². The number of aromatic nitrogens is 2. The van der Waals surface area contributed by atoms with Gasteiger partial charge in [-0.3, -0.25) is 9.48 Å². The molecule has 0 radical (unpaired) electrons. The molecule has 1 aromatic rings. The first-order valence-corrected chi connectivity index (χ1v) is 4.69. The molecule has 0 aromatic carbocycles. The quantitative estimate of drug-likeness (QED) is 0.596. The molecule has 1 aromatic heterocycles. The van der Waals surface area contributed by atoms with E-state index < -0.39 is 12.0 Å². The molecule has 6 heteroatoms. The van der Waals surface area contributed by atoms with Crippen LogP contribution < -0.4 is 11.1 Å². The molecule has 0 spiro atoms. The Labute approximate surface area is 88.1 Å². The number of carboxylic acid groups (broad SMARTS) is 1. The molecule has 0 aliphatic rings. The Morgan fingerprint density at radius 3 is 2.93 bits per heavy atom. The zero-order chi connectivity index (χ0) is 11.4. The molecule has 4 N–H and O–H groups in total. The predicted octanol–water partition coefficient (Wildman–Crippen LogP) is -0.770. The average molecular weight is 212 g/mol. The minimum absolute atomic E-state index is 0.254. The van der Waals surface area contributed by atoms with Crippen LogP contribution >= 0.6 is 0 Å². The van der Waals surface area contributed by atoms with Crippen LogP contribution in [-0.2, 0) is 18.4 Å². The van der Waals surface area contributed by atoms with E-state index in [0.29, 0.717) is 6.54 Å². The Kier molecular flexibility index (Phi) is 3.81. The van der Waals surface area contributed by atoms with Gasteiger partial charge in [0.15, 0.2) is 0 Å². The average Bonchev–Trinajstić information content (AvgIpc) is 2.49. The van der Waals surface area contributed by atoms with E-state index in [1.54, 1.807) is 10.9 Å². The molecule has 1 rings (SSSR count). The highest BCUT2D eigenvalue weighted by Crippen LogP contribution is 2.04. The summed E-state index contributed by atoms with van der Waals surface area (Å²) in [5, 5.41) is 15.6. The zero-order valence-electron chi connectivity index (χ0n) is 8.90. The molecule has 1 atom stereocenters. The Balaban J connectivity index is 2.38. The summed E-state index contributed by atoms with van der Waals surface area (Å²) in [6.45, 7) is 2.80. The highest BCUT2D eigenvalue weighted by molar-refractivity contribution is 5.73. The predicted molar refractivity (Wildman–Crippen MR) is 55.3 cm³/mol. The van der Waals surface area contributed by atoms with E-state index in [-0.39, 0.29) is 6.54 Å². The minimum Gasteiger partial charge on any atom is -0.480 e. The summed E-state index contributed by atoms with van der Waals surface area (Å²) in [4.78, 5) is 10.4. The van der Waals surface area contributed by atoms with Crippen LogP contribution in [-0.4, -0.2) is 33.4 Å². The second kappa shape index (κ2) is 4.90. The largest absolute Gasteiger partial charge is 0.480 e. The van der Waals surface area contributed by atoms with E-state index in [2.05, 4.69) is 10.4 Å². The molecule has 84 valence electrons. The molecule has 0 saturated carbocycles. The summed E-state index contributed by atoms with van der Waals surface area (Å²) in [6.07, 6.45) is 1.76. The lowest BCUT2D eigenvalue weighted by Crippen LogP contribution is -2.40. The van der Waals surface area contributed by atoms with E-state index in [1.165, 1.54) is 0 Å². The van der Waals surface area contributed by atoms with Crippen molar-refractivity contribution in [2.75, 3.05) is 6.54 Å². The van der Waals surface area contributed by atoms with Gasteiger partial charge in [0.25, 0.3) is 0 Å². The van der Waals surface area contributed by atoms with Crippen molar-refractivity contribution in [3.05, 3.63) is 17.5 Å². The van der Waals surface area contributed by atoms with E-state index >= 15 is 0 Å². The number of carbonyl (C=O) groups is 1. The lowest BCUT2D eigenvalue weighted by atomic mass is 10.2. The Morgan fingerprint density at radius 1 is 1.80 bits per heavy atom. The standard InChI is InChI=1S/C9H16N4O2/c1-6-7(4-12-13(6)2)3-11-5-8(10)9(14)15/h4,8,11H,3,5,10H2,1-2H3,(H,14,15). The number of nitrogens with two attached hydrogens (primary N) is 1. The zero-order valence-corrected chi connectivity index (χ0v) is 8.90. The maximum atomic E-state index is 10.4. The van der Waals surface area contributed by atoms with Crippen molar-refractivity contribution in [2.45, 2.75) is 19.5 Å². The van der Waals surface area contributed by atoms with Crippen molar-refractivity contribution < 1.29 is 9.90 Å². The summed E-state index contributed by atoms with van der Waals surface area (Å²) in [7, 11) is 1.86. The van der Waals surface area contributed by atoms with Crippen LogP contribution in [0.4, 0.5) is 0 Å². The lowest BCUT2D eigenvalue weighted by molar-refractivity contribution is -0.138. The van der Waals surface area contributed by atoms with Gasteiger partial charge in [0, 0.05) is 31.4 Å². The van der Waals surface area contributed by atoms with Crippen molar-refractivity contribution in [1.29, 1.82) is 0 Å². The highest BCUT2D eigenvalue weighted by Gasteiger charge is 2.10. The summed E-state index contributed by atoms with van der Waals surface area (Å²) in [6, 6.07) is -0.859. The normalized spacial score (nSPS) is 12.7. The third-order valence-electron chi connectivity index (χ3n) is 2.33. The van der Waals surface area contributed by atoms with Crippen molar-refractivity contribution in [3.63, 3.8) is 0 Å². The van der Waals surface area contributed by atoms with Gasteiger partial charge in [-0.1, -0.05) is 0 Å². The summed E-state index contributed by atoms with van der Waals surface area (Å²) >= 11 is 0. The molecule has 0 aliphatic carbocycles. The topological polar surface area (TPSA) is 93.2 Å². The van der Waals surface area contributed by atoms with Crippen LogP contribution in [0.25, 0.3) is 0 Å². The summed E-state index contributed by atoms with van der Waals surface area (Å²) < 4.78 is 1.77. The summed E-state index contributed by atoms with van der Waals surface area (Å²) in [5.41, 5.74) is 7.45. The van der Waals surface area contributed by atoms with Crippen molar-refractivity contribution >= 4 is 5.97 Å². The van der Waals surface area contributed by atoms with Crippen molar-refractivity contribution in [2.24, 2.45) is 12.8 Å². The molecule has 15 heavy (non-hydrogen) atoms. The number of nitrogens with one attached hydrogen (secondary N) is 1. The van der Waals surface area contributed by atoms with E-state index in [1.807, 2.05) is 14.0 Å². The number of nitrogens with zero attached hydrogens (tertiary/aromatic N) is 2. The maximum Gasteiger partial charge on any atom is 0.321 e. The highest BCUT2D eigenvalue weighted by atomic mass is 16.4. The number of aryl methyl sites for hydroxylation is 1. The molecular weight excluding hydrogens is 196 g/mol. The fourth-order valence-electron chi connectivity index (χ4n) is 1.17. The van der Waals surface area contributed by atoms with Crippen LogP contribution in [0, 0.1) is 6.92 Å². The SMILES string of the molecule is Cc1c(CNCC(N)C(=O)O)cnn1C. The number of carboxylic acids is 1. The van der Waals surface area contributed by atoms with Gasteiger partial charge in [-0.05, 0) is 6.92 Å². The molecule has 6 nitrogen and oxygen atoms in total. The first-order valence-electron chi connectivity index (χ1n) is 4.69. The van der Waals surface area contributed by atoms with Gasteiger partial charge in [0.2, 0.25) is 0 Å². The van der Waals surface area contributed by atoms with Crippen molar-refractivity contribution in [1.82, 2.24) is 15.1 Å². The molecule has 0 fully saturated rings. The van der Waals surface area contributed by atoms with Gasteiger partial charge < -0.3 is 16.2 Å². The summed E-state index contributed by atoms with van der Waals surface area (Å²) in [5.74, 6) is -0.995. The van der Waals surface area contributed by atoms with Crippen LogP contribution in [0.15, 0.2) is 6.20 Å². The van der Waals surface area contributed by atoms with Gasteiger partial charge in [-0.25, -0.2) is 0 Å².